The number of aromatic nitrogens is 2. The summed E-state index contributed by atoms with van der Waals surface area (Å²) in [6.45, 7) is 1.61. The highest BCUT2D eigenvalue weighted by Crippen LogP contribution is 2.17. The Kier molecular flexibility index (Phi) is 5.82. The summed E-state index contributed by atoms with van der Waals surface area (Å²) in [5, 5.41) is 3.26. The molecule has 0 unspecified atom stereocenters. The summed E-state index contributed by atoms with van der Waals surface area (Å²) >= 11 is 0. The van der Waals surface area contributed by atoms with Crippen molar-refractivity contribution in [3.8, 4) is 0 Å². The largest absolute Gasteiger partial charge is 0.348 e. The van der Waals surface area contributed by atoms with E-state index in [0.29, 0.717) is 24.5 Å². The van der Waals surface area contributed by atoms with Crippen LogP contribution in [0.15, 0.2) is 71.9 Å². The number of hydrogen-bond acceptors (Lipinski definition) is 4. The Morgan fingerprint density at radius 3 is 2.38 bits per heavy atom. The smallest absolute Gasteiger partial charge is 0.243 e. The molecule has 0 bridgehead atoms. The molecular formula is C19H22N4O2S. The number of sulfonamides is 1. The molecule has 1 aromatic heterocycles. The van der Waals surface area contributed by atoms with Gasteiger partial charge in [-0.1, -0.05) is 42.5 Å². The van der Waals surface area contributed by atoms with Gasteiger partial charge >= 0.3 is 0 Å². The van der Waals surface area contributed by atoms with E-state index in [2.05, 4.69) is 15.3 Å². The molecule has 0 aliphatic carbocycles. The molecule has 0 aliphatic rings. The molecule has 136 valence electrons. The first-order chi connectivity index (χ1) is 12.6. The number of H-pyrrole nitrogens is 1. The van der Waals surface area contributed by atoms with Crippen LogP contribution >= 0.6 is 0 Å². The Morgan fingerprint density at radius 2 is 1.73 bits per heavy atom. The molecule has 0 atom stereocenters. The molecule has 0 spiro atoms. The van der Waals surface area contributed by atoms with E-state index in [0.717, 1.165) is 17.0 Å². The Bertz CT molecular complexity index is 908. The van der Waals surface area contributed by atoms with Crippen molar-refractivity contribution in [3.05, 3.63) is 83.9 Å². The lowest BCUT2D eigenvalue weighted by Crippen LogP contribution is -2.26. The van der Waals surface area contributed by atoms with Crippen molar-refractivity contribution < 1.29 is 8.42 Å². The third-order valence-electron chi connectivity index (χ3n) is 4.06. The Morgan fingerprint density at radius 1 is 1.00 bits per heavy atom. The Balaban J connectivity index is 1.61. The van der Waals surface area contributed by atoms with Crippen molar-refractivity contribution in [1.29, 1.82) is 0 Å². The summed E-state index contributed by atoms with van der Waals surface area (Å²) in [6, 6.07) is 16.5. The first-order valence-electron chi connectivity index (χ1n) is 8.34. The molecule has 2 aromatic carbocycles. The lowest BCUT2D eigenvalue weighted by atomic mass is 10.2. The van der Waals surface area contributed by atoms with Crippen LogP contribution in [0, 0.1) is 0 Å². The quantitative estimate of drug-likeness (QED) is 0.639. The minimum Gasteiger partial charge on any atom is -0.348 e. The van der Waals surface area contributed by atoms with Gasteiger partial charge in [0, 0.05) is 32.5 Å². The van der Waals surface area contributed by atoms with Crippen molar-refractivity contribution in [2.24, 2.45) is 0 Å². The maximum absolute atomic E-state index is 12.7. The van der Waals surface area contributed by atoms with E-state index in [-0.39, 0.29) is 0 Å². The monoisotopic (exact) mass is 370 g/mol. The summed E-state index contributed by atoms with van der Waals surface area (Å²) in [5.41, 5.74) is 1.97. The molecule has 7 heteroatoms. The summed E-state index contributed by atoms with van der Waals surface area (Å²) in [5.74, 6) is 0.867. The van der Waals surface area contributed by atoms with Crippen LogP contribution in [-0.4, -0.2) is 29.7 Å². The molecule has 0 radical (unpaired) electrons. The van der Waals surface area contributed by atoms with Crippen LogP contribution in [0.4, 0.5) is 0 Å². The SMILES string of the molecule is CN(Cc1ccccc1)S(=O)(=O)c1ccc(CNCc2ncc[nH]2)cc1. The number of imidazole rings is 1. The average molecular weight is 370 g/mol. The van der Waals surface area contributed by atoms with E-state index >= 15 is 0 Å². The number of hydrogen-bond donors (Lipinski definition) is 2. The van der Waals surface area contributed by atoms with Gasteiger partial charge in [0.15, 0.2) is 0 Å². The van der Waals surface area contributed by atoms with Crippen LogP contribution in [0.3, 0.4) is 0 Å². The van der Waals surface area contributed by atoms with Gasteiger partial charge in [-0.15, -0.1) is 0 Å². The van der Waals surface area contributed by atoms with E-state index in [1.165, 1.54) is 4.31 Å². The van der Waals surface area contributed by atoms with Gasteiger partial charge in [0.05, 0.1) is 11.4 Å². The second-order valence-corrected chi connectivity index (χ2v) is 8.07. The molecule has 0 fully saturated rings. The Hall–Kier alpha value is -2.48. The molecule has 0 saturated heterocycles. The third kappa shape index (κ3) is 4.57. The van der Waals surface area contributed by atoms with Crippen LogP contribution in [0.2, 0.25) is 0 Å². The van der Waals surface area contributed by atoms with E-state index in [1.54, 1.807) is 31.6 Å². The number of nitrogens with zero attached hydrogens (tertiary/aromatic N) is 2. The van der Waals surface area contributed by atoms with Crippen LogP contribution in [0.5, 0.6) is 0 Å². The van der Waals surface area contributed by atoms with Crippen molar-refractivity contribution >= 4 is 10.0 Å². The summed E-state index contributed by atoms with van der Waals surface area (Å²) < 4.78 is 26.8. The predicted molar refractivity (Wildman–Crippen MR) is 101 cm³/mol. The molecule has 3 rings (SSSR count). The van der Waals surface area contributed by atoms with Gasteiger partial charge in [0.2, 0.25) is 10.0 Å². The van der Waals surface area contributed by atoms with E-state index in [1.807, 2.05) is 42.5 Å². The summed E-state index contributed by atoms with van der Waals surface area (Å²) in [6.07, 6.45) is 3.49. The van der Waals surface area contributed by atoms with Crippen molar-refractivity contribution in [2.75, 3.05) is 7.05 Å². The summed E-state index contributed by atoms with van der Waals surface area (Å²) in [4.78, 5) is 7.47. The number of benzene rings is 2. The number of nitrogens with one attached hydrogen (secondary N) is 2. The van der Waals surface area contributed by atoms with E-state index in [4.69, 9.17) is 0 Å². The molecule has 2 N–H and O–H groups in total. The molecule has 0 aliphatic heterocycles. The topological polar surface area (TPSA) is 78.1 Å². The zero-order valence-corrected chi connectivity index (χ0v) is 15.4. The van der Waals surface area contributed by atoms with Gasteiger partial charge in [0.25, 0.3) is 0 Å². The fourth-order valence-electron chi connectivity index (χ4n) is 2.60. The molecule has 0 saturated carbocycles. The standard InChI is InChI=1S/C19H22N4O2S/c1-23(15-17-5-3-2-4-6-17)26(24,25)18-9-7-16(8-10-18)13-20-14-19-21-11-12-22-19/h2-12,20H,13-15H2,1H3,(H,21,22). The third-order valence-corrected chi connectivity index (χ3v) is 5.87. The van der Waals surface area contributed by atoms with Gasteiger partial charge in [-0.2, -0.15) is 4.31 Å². The highest BCUT2D eigenvalue weighted by atomic mass is 32.2. The second kappa shape index (κ2) is 8.27. The molecule has 3 aromatic rings. The van der Waals surface area contributed by atoms with Crippen LogP contribution in [0.1, 0.15) is 17.0 Å². The molecular weight excluding hydrogens is 348 g/mol. The maximum Gasteiger partial charge on any atom is 0.243 e. The van der Waals surface area contributed by atoms with E-state index < -0.39 is 10.0 Å². The first kappa shape index (κ1) is 18.3. The van der Waals surface area contributed by atoms with Crippen molar-refractivity contribution in [2.45, 2.75) is 24.5 Å². The molecule has 0 amide bonds. The van der Waals surface area contributed by atoms with Gasteiger partial charge < -0.3 is 10.3 Å². The zero-order valence-electron chi connectivity index (χ0n) is 14.6. The maximum atomic E-state index is 12.7. The number of aromatic amines is 1. The van der Waals surface area contributed by atoms with Crippen LogP contribution in [-0.2, 0) is 29.7 Å². The highest BCUT2D eigenvalue weighted by Gasteiger charge is 2.20. The van der Waals surface area contributed by atoms with Crippen LogP contribution in [0.25, 0.3) is 0 Å². The average Bonchev–Trinajstić information content (AvgIpc) is 3.16. The normalized spacial score (nSPS) is 11.8. The lowest BCUT2D eigenvalue weighted by Gasteiger charge is -2.17. The minimum absolute atomic E-state index is 0.297. The van der Waals surface area contributed by atoms with Crippen molar-refractivity contribution in [1.82, 2.24) is 19.6 Å². The molecule has 6 nitrogen and oxygen atoms in total. The fourth-order valence-corrected chi connectivity index (χ4v) is 3.76. The van der Waals surface area contributed by atoms with Gasteiger partial charge in [0.1, 0.15) is 5.82 Å². The predicted octanol–water partition coefficient (Wildman–Crippen LogP) is 2.52. The number of rotatable bonds is 8. The van der Waals surface area contributed by atoms with Crippen molar-refractivity contribution in [3.63, 3.8) is 0 Å². The second-order valence-electron chi connectivity index (χ2n) is 6.03. The highest BCUT2D eigenvalue weighted by molar-refractivity contribution is 7.89. The lowest BCUT2D eigenvalue weighted by molar-refractivity contribution is 0.466. The van der Waals surface area contributed by atoms with Gasteiger partial charge in [-0.3, -0.25) is 0 Å². The molecule has 26 heavy (non-hydrogen) atoms. The van der Waals surface area contributed by atoms with E-state index in [9.17, 15) is 8.42 Å². The first-order valence-corrected chi connectivity index (χ1v) is 9.78. The van der Waals surface area contributed by atoms with Crippen LogP contribution < -0.4 is 5.32 Å². The summed E-state index contributed by atoms with van der Waals surface area (Å²) in [7, 11) is -1.91. The zero-order chi connectivity index (χ0) is 18.4. The van der Waals surface area contributed by atoms with Gasteiger partial charge in [-0.25, -0.2) is 13.4 Å². The molecule has 1 heterocycles. The fraction of sp³-hybridized carbons (Fsp3) is 0.211. The Labute approximate surface area is 154 Å². The minimum atomic E-state index is -3.51. The van der Waals surface area contributed by atoms with Gasteiger partial charge in [-0.05, 0) is 23.3 Å².